The van der Waals surface area contributed by atoms with Gasteiger partial charge in [-0.05, 0) is 37.0 Å². The molecule has 0 unspecified atom stereocenters. The quantitative estimate of drug-likeness (QED) is 0.900. The van der Waals surface area contributed by atoms with E-state index in [2.05, 4.69) is 0 Å². The van der Waals surface area contributed by atoms with Gasteiger partial charge in [-0.1, -0.05) is 19.1 Å². The maximum absolute atomic E-state index is 12.4. The van der Waals surface area contributed by atoms with Gasteiger partial charge >= 0.3 is 0 Å². The highest BCUT2D eigenvalue weighted by atomic mass is 32.2. The molecule has 0 spiro atoms. The van der Waals surface area contributed by atoms with Crippen molar-refractivity contribution in [3.63, 3.8) is 0 Å². The van der Waals surface area contributed by atoms with Crippen LogP contribution in [0.15, 0.2) is 29.2 Å². The summed E-state index contributed by atoms with van der Waals surface area (Å²) in [5.74, 6) is 0. The topological polar surface area (TPSA) is 63.4 Å². The largest absolute Gasteiger partial charge is 0.327 e. The smallest absolute Gasteiger partial charge is 0.243 e. The lowest BCUT2D eigenvalue weighted by Crippen LogP contribution is -2.45. The number of hydrogen-bond donors (Lipinski definition) is 1. The fraction of sp³-hybridized carbons (Fsp3) is 0.538. The van der Waals surface area contributed by atoms with E-state index in [0.29, 0.717) is 18.0 Å². The van der Waals surface area contributed by atoms with Crippen LogP contribution < -0.4 is 5.73 Å². The molecule has 0 amide bonds. The lowest BCUT2D eigenvalue weighted by Gasteiger charge is -2.29. The number of aryl methyl sites for hydroxylation is 1. The fourth-order valence-corrected chi connectivity index (χ4v) is 3.77. The van der Waals surface area contributed by atoms with E-state index in [4.69, 9.17) is 5.73 Å². The predicted molar refractivity (Wildman–Crippen MR) is 71.8 cm³/mol. The maximum atomic E-state index is 12.4. The summed E-state index contributed by atoms with van der Waals surface area (Å²) in [4.78, 5) is 0.369. The Kier molecular flexibility index (Phi) is 4.04. The number of rotatable bonds is 3. The Balaban J connectivity index is 2.23. The first kappa shape index (κ1) is 13.5. The summed E-state index contributed by atoms with van der Waals surface area (Å²) in [5.41, 5.74) is 6.98. The van der Waals surface area contributed by atoms with Crippen LogP contribution in [0.3, 0.4) is 0 Å². The van der Waals surface area contributed by atoms with Crippen LogP contribution in [0, 0.1) is 0 Å². The molecule has 2 N–H and O–H groups in total. The van der Waals surface area contributed by atoms with Gasteiger partial charge in [0.05, 0.1) is 4.90 Å². The molecule has 1 aliphatic heterocycles. The summed E-state index contributed by atoms with van der Waals surface area (Å²) in [7, 11) is -3.37. The van der Waals surface area contributed by atoms with E-state index >= 15 is 0 Å². The van der Waals surface area contributed by atoms with Crippen molar-refractivity contribution in [3.8, 4) is 0 Å². The Labute approximate surface area is 109 Å². The second kappa shape index (κ2) is 5.38. The molecule has 100 valence electrons. The predicted octanol–water partition coefficient (Wildman–Crippen LogP) is 1.36. The lowest BCUT2D eigenvalue weighted by molar-refractivity contribution is 0.316. The molecule has 1 saturated heterocycles. The van der Waals surface area contributed by atoms with Crippen LogP contribution >= 0.6 is 0 Å². The molecule has 0 radical (unpaired) electrons. The Hall–Kier alpha value is -0.910. The third kappa shape index (κ3) is 2.74. The maximum Gasteiger partial charge on any atom is 0.243 e. The third-order valence-corrected chi connectivity index (χ3v) is 5.27. The highest BCUT2D eigenvalue weighted by molar-refractivity contribution is 7.89. The first-order valence-corrected chi connectivity index (χ1v) is 7.82. The van der Waals surface area contributed by atoms with Crippen LogP contribution in [0.1, 0.15) is 25.3 Å². The highest BCUT2D eigenvalue weighted by Crippen LogP contribution is 2.20. The average molecular weight is 268 g/mol. The van der Waals surface area contributed by atoms with Gasteiger partial charge in [0.1, 0.15) is 0 Å². The minimum Gasteiger partial charge on any atom is -0.327 e. The summed E-state index contributed by atoms with van der Waals surface area (Å²) >= 11 is 0. The molecule has 18 heavy (non-hydrogen) atoms. The van der Waals surface area contributed by atoms with Gasteiger partial charge in [-0.3, -0.25) is 0 Å². The average Bonchev–Trinajstić information content (AvgIpc) is 2.39. The monoisotopic (exact) mass is 268 g/mol. The number of nitrogens with zero attached hydrogens (tertiary/aromatic N) is 1. The number of hydrogen-bond acceptors (Lipinski definition) is 3. The van der Waals surface area contributed by atoms with E-state index < -0.39 is 10.0 Å². The van der Waals surface area contributed by atoms with Crippen molar-refractivity contribution in [2.24, 2.45) is 5.73 Å². The third-order valence-electron chi connectivity index (χ3n) is 3.39. The van der Waals surface area contributed by atoms with Gasteiger partial charge in [-0.2, -0.15) is 4.31 Å². The summed E-state index contributed by atoms with van der Waals surface area (Å²) < 4.78 is 26.3. The number of sulfonamides is 1. The number of nitrogens with two attached hydrogens (primary N) is 1. The molecule has 0 bridgehead atoms. The van der Waals surface area contributed by atoms with Gasteiger partial charge in [-0.15, -0.1) is 0 Å². The highest BCUT2D eigenvalue weighted by Gasteiger charge is 2.28. The molecule has 1 aromatic carbocycles. The van der Waals surface area contributed by atoms with Gasteiger partial charge < -0.3 is 5.73 Å². The van der Waals surface area contributed by atoms with Crippen LogP contribution in [0.2, 0.25) is 0 Å². The summed E-state index contributed by atoms with van der Waals surface area (Å²) in [6.07, 6.45) is 2.66. The standard InChI is InChI=1S/C13H20N2O2S/c1-2-11-5-7-13(8-6-11)18(16,17)15-9-3-4-12(14)10-15/h5-8,12H,2-4,9-10,14H2,1H3/t12-/m1/s1. The van der Waals surface area contributed by atoms with Crippen molar-refractivity contribution in [3.05, 3.63) is 29.8 Å². The summed E-state index contributed by atoms with van der Waals surface area (Å²) in [5, 5.41) is 0. The number of piperidine rings is 1. The van der Waals surface area contributed by atoms with Crippen molar-refractivity contribution >= 4 is 10.0 Å². The summed E-state index contributed by atoms with van der Waals surface area (Å²) in [6, 6.07) is 7.08. The van der Waals surface area contributed by atoms with Gasteiger partial charge in [0.2, 0.25) is 10.0 Å². The molecule has 5 heteroatoms. The molecule has 4 nitrogen and oxygen atoms in total. The van der Waals surface area contributed by atoms with E-state index in [-0.39, 0.29) is 6.04 Å². The van der Waals surface area contributed by atoms with Gasteiger partial charge in [-0.25, -0.2) is 8.42 Å². The van der Waals surface area contributed by atoms with Gasteiger partial charge in [0, 0.05) is 19.1 Å². The Morgan fingerprint density at radius 1 is 1.33 bits per heavy atom. The first-order valence-electron chi connectivity index (χ1n) is 6.38. The molecule has 1 aromatic rings. The molecule has 0 saturated carbocycles. The van der Waals surface area contributed by atoms with Gasteiger partial charge in [0.15, 0.2) is 0 Å². The Morgan fingerprint density at radius 2 is 2.00 bits per heavy atom. The van der Waals surface area contributed by atoms with Crippen molar-refractivity contribution in [2.45, 2.75) is 37.1 Å². The second-order valence-corrected chi connectivity index (χ2v) is 6.70. The molecule has 1 fully saturated rings. The number of benzene rings is 1. The molecule has 0 aromatic heterocycles. The summed E-state index contributed by atoms with van der Waals surface area (Å²) in [6.45, 7) is 3.05. The Bertz CT molecular complexity index is 496. The molecular weight excluding hydrogens is 248 g/mol. The minimum atomic E-state index is -3.37. The van der Waals surface area contributed by atoms with Crippen LogP contribution in [-0.4, -0.2) is 31.9 Å². The molecule has 1 atom stereocenters. The van der Waals surface area contributed by atoms with E-state index in [9.17, 15) is 8.42 Å². The van der Waals surface area contributed by atoms with Crippen molar-refractivity contribution in [2.75, 3.05) is 13.1 Å². The SMILES string of the molecule is CCc1ccc(S(=O)(=O)N2CCC[C@@H](N)C2)cc1. The zero-order valence-corrected chi connectivity index (χ0v) is 11.5. The second-order valence-electron chi connectivity index (χ2n) is 4.76. The van der Waals surface area contributed by atoms with E-state index in [1.54, 1.807) is 12.1 Å². The minimum absolute atomic E-state index is 0.0385. The molecule has 0 aliphatic carbocycles. The lowest BCUT2D eigenvalue weighted by atomic mass is 10.1. The van der Waals surface area contributed by atoms with Crippen LogP contribution in [0.4, 0.5) is 0 Å². The molecular formula is C13H20N2O2S. The fourth-order valence-electron chi connectivity index (χ4n) is 2.24. The zero-order valence-electron chi connectivity index (χ0n) is 10.7. The molecule has 1 heterocycles. The zero-order chi connectivity index (χ0) is 13.2. The van der Waals surface area contributed by atoms with Crippen LogP contribution in [0.5, 0.6) is 0 Å². The van der Waals surface area contributed by atoms with Crippen molar-refractivity contribution in [1.29, 1.82) is 0 Å². The van der Waals surface area contributed by atoms with Crippen molar-refractivity contribution < 1.29 is 8.42 Å². The first-order chi connectivity index (χ1) is 8.54. The van der Waals surface area contributed by atoms with E-state index in [0.717, 1.165) is 24.8 Å². The normalized spacial score (nSPS) is 22.0. The van der Waals surface area contributed by atoms with E-state index in [1.807, 2.05) is 19.1 Å². The Morgan fingerprint density at radius 3 is 2.56 bits per heavy atom. The van der Waals surface area contributed by atoms with Gasteiger partial charge in [0.25, 0.3) is 0 Å². The molecule has 1 aliphatic rings. The molecule has 2 rings (SSSR count). The van der Waals surface area contributed by atoms with Crippen molar-refractivity contribution in [1.82, 2.24) is 4.31 Å². The van der Waals surface area contributed by atoms with E-state index in [1.165, 1.54) is 4.31 Å². The van der Waals surface area contributed by atoms with Crippen LogP contribution in [-0.2, 0) is 16.4 Å². The van der Waals surface area contributed by atoms with Crippen LogP contribution in [0.25, 0.3) is 0 Å².